The van der Waals surface area contributed by atoms with Crippen molar-refractivity contribution in [3.8, 4) is 5.88 Å². The largest absolute Gasteiger partial charge is 0.474 e. The first-order valence-electron chi connectivity index (χ1n) is 3.31. The lowest BCUT2D eigenvalue weighted by atomic mass is 10.3. The van der Waals surface area contributed by atoms with Crippen LogP contribution in [0.4, 0.5) is 5.69 Å². The number of nitro groups is 1. The van der Waals surface area contributed by atoms with Crippen LogP contribution in [0.1, 0.15) is 5.76 Å². The molecule has 1 aromatic heterocycles. The van der Waals surface area contributed by atoms with E-state index in [1.54, 1.807) is 0 Å². The van der Waals surface area contributed by atoms with Gasteiger partial charge in [-0.1, -0.05) is 0 Å². The van der Waals surface area contributed by atoms with Crippen molar-refractivity contribution in [3.05, 3.63) is 15.9 Å². The number of carbonyl (C=O) groups is 1. The van der Waals surface area contributed by atoms with Crippen molar-refractivity contribution in [2.24, 2.45) is 0 Å². The van der Waals surface area contributed by atoms with Gasteiger partial charge >= 0.3 is 11.6 Å². The molecule has 0 aliphatic heterocycles. The summed E-state index contributed by atoms with van der Waals surface area (Å²) in [6.07, 6.45) is 0.305. The van der Waals surface area contributed by atoms with Crippen LogP contribution in [0.2, 0.25) is 0 Å². The first-order chi connectivity index (χ1) is 6.20. The second kappa shape index (κ2) is 3.65. The van der Waals surface area contributed by atoms with E-state index in [4.69, 9.17) is 0 Å². The zero-order chi connectivity index (χ0) is 9.84. The number of aromatic nitrogens is 1. The highest BCUT2D eigenvalue weighted by molar-refractivity contribution is 5.58. The molecular weight excluding hydrogens is 180 g/mol. The van der Waals surface area contributed by atoms with E-state index in [0.717, 1.165) is 0 Å². The fraction of sp³-hybridized carbons (Fsp3) is 0.333. The zero-order valence-electron chi connectivity index (χ0n) is 6.72. The molecule has 0 aliphatic rings. The van der Waals surface area contributed by atoms with E-state index in [1.807, 2.05) is 0 Å². The highest BCUT2D eigenvalue weighted by Gasteiger charge is 2.27. The van der Waals surface area contributed by atoms with Gasteiger partial charge in [-0.3, -0.25) is 10.1 Å². The minimum absolute atomic E-state index is 0.100. The minimum Gasteiger partial charge on any atom is -0.474 e. The summed E-state index contributed by atoms with van der Waals surface area (Å²) in [5, 5.41) is 13.7. The first-order valence-corrected chi connectivity index (χ1v) is 3.31. The molecule has 0 amide bonds. The van der Waals surface area contributed by atoms with Gasteiger partial charge in [0.05, 0.1) is 18.5 Å². The lowest BCUT2D eigenvalue weighted by Crippen LogP contribution is -1.95. The molecule has 7 heteroatoms. The van der Waals surface area contributed by atoms with E-state index in [9.17, 15) is 14.9 Å². The summed E-state index contributed by atoms with van der Waals surface area (Å²) in [4.78, 5) is 19.8. The van der Waals surface area contributed by atoms with Crippen molar-refractivity contribution < 1.29 is 19.0 Å². The molecule has 0 unspecified atom stereocenters. The molecule has 0 N–H and O–H groups in total. The van der Waals surface area contributed by atoms with Gasteiger partial charge in [-0.05, 0) is 5.16 Å². The van der Waals surface area contributed by atoms with Gasteiger partial charge in [-0.2, -0.15) is 0 Å². The number of aldehydes is 1. The van der Waals surface area contributed by atoms with Crippen molar-refractivity contribution in [2.45, 2.75) is 6.42 Å². The van der Waals surface area contributed by atoms with Crippen molar-refractivity contribution in [3.63, 3.8) is 0 Å². The predicted molar refractivity (Wildman–Crippen MR) is 39.5 cm³/mol. The van der Waals surface area contributed by atoms with Gasteiger partial charge in [0.25, 0.3) is 0 Å². The van der Waals surface area contributed by atoms with E-state index in [0.29, 0.717) is 6.29 Å². The van der Waals surface area contributed by atoms with Crippen LogP contribution >= 0.6 is 0 Å². The van der Waals surface area contributed by atoms with E-state index in [1.165, 1.54) is 7.11 Å². The SMILES string of the molecule is COc1noc(CC=O)c1[N+](=O)[O-]. The molecule has 0 aromatic carbocycles. The van der Waals surface area contributed by atoms with Crippen molar-refractivity contribution in [1.29, 1.82) is 0 Å². The molecule has 0 spiro atoms. The molecular formula is C6H6N2O5. The molecule has 0 fully saturated rings. The Bertz CT molecular complexity index is 332. The van der Waals surface area contributed by atoms with Gasteiger partial charge < -0.3 is 14.1 Å². The van der Waals surface area contributed by atoms with E-state index < -0.39 is 10.6 Å². The van der Waals surface area contributed by atoms with Gasteiger partial charge in [-0.25, -0.2) is 0 Å². The lowest BCUT2D eigenvalue weighted by molar-refractivity contribution is -0.386. The number of hydrogen-bond donors (Lipinski definition) is 0. The molecule has 0 radical (unpaired) electrons. The van der Waals surface area contributed by atoms with Gasteiger partial charge in [0.2, 0.25) is 5.76 Å². The van der Waals surface area contributed by atoms with Crippen LogP contribution < -0.4 is 4.74 Å². The predicted octanol–water partition coefficient (Wildman–Crippen LogP) is 0.333. The summed E-state index contributed by atoms with van der Waals surface area (Å²) in [5.74, 6) is -0.321. The fourth-order valence-electron chi connectivity index (χ4n) is 0.826. The molecule has 7 nitrogen and oxygen atoms in total. The summed E-state index contributed by atoms with van der Waals surface area (Å²) in [7, 11) is 1.23. The highest BCUT2D eigenvalue weighted by atomic mass is 16.6. The Morgan fingerprint density at radius 3 is 2.92 bits per heavy atom. The smallest absolute Gasteiger partial charge is 0.375 e. The molecule has 0 aliphatic carbocycles. The maximum Gasteiger partial charge on any atom is 0.375 e. The Kier molecular flexibility index (Phi) is 2.58. The first kappa shape index (κ1) is 9.17. The Balaban J connectivity index is 3.13. The van der Waals surface area contributed by atoms with Crippen LogP contribution in [-0.2, 0) is 11.2 Å². The van der Waals surface area contributed by atoms with Gasteiger partial charge in [0.15, 0.2) is 0 Å². The van der Waals surface area contributed by atoms with Crippen molar-refractivity contribution >= 4 is 12.0 Å². The topological polar surface area (TPSA) is 95.5 Å². The summed E-state index contributed by atoms with van der Waals surface area (Å²) in [6.45, 7) is 0. The molecule has 70 valence electrons. The van der Waals surface area contributed by atoms with Crippen LogP contribution in [0.15, 0.2) is 4.52 Å². The number of ether oxygens (including phenoxy) is 1. The summed E-state index contributed by atoms with van der Waals surface area (Å²) < 4.78 is 9.11. The maximum absolute atomic E-state index is 10.4. The van der Waals surface area contributed by atoms with Crippen LogP contribution in [0.5, 0.6) is 5.88 Å². The van der Waals surface area contributed by atoms with Crippen LogP contribution in [0.25, 0.3) is 0 Å². The molecule has 0 bridgehead atoms. The molecule has 1 aromatic rings. The monoisotopic (exact) mass is 186 g/mol. The number of rotatable bonds is 4. The van der Waals surface area contributed by atoms with Crippen LogP contribution in [0, 0.1) is 10.1 Å². The number of nitrogens with zero attached hydrogens (tertiary/aromatic N) is 2. The third-order valence-electron chi connectivity index (χ3n) is 1.35. The number of methoxy groups -OCH3 is 1. The van der Waals surface area contributed by atoms with Gasteiger partial charge in [0, 0.05) is 0 Å². The Morgan fingerprint density at radius 2 is 2.46 bits per heavy atom. The van der Waals surface area contributed by atoms with Gasteiger partial charge in [-0.15, -0.1) is 0 Å². The van der Waals surface area contributed by atoms with Crippen molar-refractivity contribution in [1.82, 2.24) is 5.16 Å². The lowest BCUT2D eigenvalue weighted by Gasteiger charge is -1.90. The average molecular weight is 186 g/mol. The summed E-state index contributed by atoms with van der Waals surface area (Å²) in [6, 6.07) is 0. The minimum atomic E-state index is -0.700. The second-order valence-electron chi connectivity index (χ2n) is 2.09. The number of hydrogen-bond acceptors (Lipinski definition) is 6. The third kappa shape index (κ3) is 1.63. The van der Waals surface area contributed by atoms with Crippen LogP contribution in [-0.4, -0.2) is 23.5 Å². The highest BCUT2D eigenvalue weighted by Crippen LogP contribution is 2.29. The maximum atomic E-state index is 10.4. The second-order valence-corrected chi connectivity index (χ2v) is 2.09. The van der Waals surface area contributed by atoms with E-state index in [2.05, 4.69) is 14.4 Å². The quantitative estimate of drug-likeness (QED) is 0.382. The normalized spacial score (nSPS) is 9.62. The molecule has 1 rings (SSSR count). The zero-order valence-corrected chi connectivity index (χ0v) is 6.72. The third-order valence-corrected chi connectivity index (χ3v) is 1.35. The van der Waals surface area contributed by atoms with E-state index in [-0.39, 0.29) is 18.1 Å². The summed E-state index contributed by atoms with van der Waals surface area (Å²) in [5.41, 5.74) is -0.394. The molecule has 0 atom stereocenters. The Hall–Kier alpha value is -1.92. The standard InChI is InChI=1S/C6H6N2O5/c1-12-6-5(8(10)11)4(2-3-9)13-7-6/h3H,2H2,1H3. The Labute approximate surface area is 72.4 Å². The van der Waals surface area contributed by atoms with Crippen molar-refractivity contribution in [2.75, 3.05) is 7.11 Å². The fourth-order valence-corrected chi connectivity index (χ4v) is 0.826. The molecule has 0 saturated heterocycles. The van der Waals surface area contributed by atoms with Crippen LogP contribution in [0.3, 0.4) is 0 Å². The number of carbonyl (C=O) groups excluding carboxylic acids is 1. The van der Waals surface area contributed by atoms with E-state index >= 15 is 0 Å². The molecule has 0 saturated carbocycles. The molecule has 1 heterocycles. The average Bonchev–Trinajstić information content (AvgIpc) is 2.48. The van der Waals surface area contributed by atoms with Gasteiger partial charge in [0.1, 0.15) is 6.29 Å². The molecule has 13 heavy (non-hydrogen) atoms. The Morgan fingerprint density at radius 1 is 1.77 bits per heavy atom. The summed E-state index contributed by atoms with van der Waals surface area (Å²) >= 11 is 0.